The van der Waals surface area contributed by atoms with Gasteiger partial charge in [0.15, 0.2) is 0 Å². The van der Waals surface area contributed by atoms with Crippen LogP contribution in [0.5, 0.6) is 5.75 Å². The van der Waals surface area contributed by atoms with E-state index in [0.29, 0.717) is 17.0 Å². The molecule has 1 amide bonds. The molecule has 6 heteroatoms. The molecule has 0 spiro atoms. The third-order valence-corrected chi connectivity index (χ3v) is 3.21. The molecule has 1 aromatic carbocycles. The van der Waals surface area contributed by atoms with E-state index < -0.39 is 6.10 Å². The molecule has 124 valence electrons. The number of aliphatic hydroxyl groups excluding tert-OH is 1. The lowest BCUT2D eigenvalue weighted by Crippen LogP contribution is -2.29. The van der Waals surface area contributed by atoms with Crippen molar-refractivity contribution in [3.63, 3.8) is 0 Å². The second-order valence-electron chi connectivity index (χ2n) is 5.78. The Morgan fingerprint density at radius 2 is 2.17 bits per heavy atom. The molecule has 0 saturated carbocycles. The van der Waals surface area contributed by atoms with Crippen molar-refractivity contribution in [2.75, 3.05) is 6.54 Å². The maximum absolute atomic E-state index is 11.9. The number of hydrogen-bond acceptors (Lipinski definition) is 4. The molecular weight excluding hydrogens is 294 g/mol. The van der Waals surface area contributed by atoms with Crippen molar-refractivity contribution >= 4 is 5.91 Å². The van der Waals surface area contributed by atoms with Gasteiger partial charge in [0.25, 0.3) is 0 Å². The minimum Gasteiger partial charge on any atom is -0.491 e. The zero-order chi connectivity index (χ0) is 16.8. The Hall–Kier alpha value is -2.34. The summed E-state index contributed by atoms with van der Waals surface area (Å²) < 4.78 is 5.60. The van der Waals surface area contributed by atoms with Gasteiger partial charge in [0.05, 0.1) is 24.3 Å². The van der Waals surface area contributed by atoms with Crippen LogP contribution in [0.2, 0.25) is 0 Å². The number of aliphatic hydroxyl groups is 1. The second-order valence-corrected chi connectivity index (χ2v) is 5.78. The first-order chi connectivity index (χ1) is 10.9. The van der Waals surface area contributed by atoms with Crippen molar-refractivity contribution < 1.29 is 14.6 Å². The topological polar surface area (TPSA) is 87.2 Å². The number of ether oxygens (including phenoxy) is 1. The van der Waals surface area contributed by atoms with Crippen molar-refractivity contribution in [3.8, 4) is 5.75 Å². The van der Waals surface area contributed by atoms with E-state index >= 15 is 0 Å². The number of aromatic amines is 1. The third kappa shape index (κ3) is 5.41. The van der Waals surface area contributed by atoms with E-state index in [0.717, 1.165) is 5.69 Å². The lowest BCUT2D eigenvalue weighted by Gasteiger charge is -2.15. The van der Waals surface area contributed by atoms with Crippen molar-refractivity contribution in [1.82, 2.24) is 15.5 Å². The number of nitrogens with one attached hydrogen (secondary N) is 2. The van der Waals surface area contributed by atoms with Crippen molar-refractivity contribution in [1.29, 1.82) is 0 Å². The van der Waals surface area contributed by atoms with Crippen LogP contribution in [0.3, 0.4) is 0 Å². The van der Waals surface area contributed by atoms with Crippen LogP contribution in [0, 0.1) is 6.92 Å². The molecule has 0 bridgehead atoms. The molecule has 1 aromatic heterocycles. The number of hydrogen-bond donors (Lipinski definition) is 3. The molecular formula is C17H23N3O3. The highest BCUT2D eigenvalue weighted by Gasteiger charge is 2.12. The molecule has 0 aliphatic carbocycles. The maximum Gasteiger partial charge on any atom is 0.226 e. The van der Waals surface area contributed by atoms with Crippen LogP contribution in [0.25, 0.3) is 0 Å². The number of amides is 1. The van der Waals surface area contributed by atoms with E-state index in [1.54, 1.807) is 12.1 Å². The first kappa shape index (κ1) is 17.0. The highest BCUT2D eigenvalue weighted by atomic mass is 16.5. The zero-order valence-electron chi connectivity index (χ0n) is 13.7. The number of aromatic nitrogens is 2. The second kappa shape index (κ2) is 7.78. The van der Waals surface area contributed by atoms with Crippen LogP contribution in [-0.2, 0) is 11.2 Å². The van der Waals surface area contributed by atoms with Gasteiger partial charge in [-0.2, -0.15) is 5.10 Å². The summed E-state index contributed by atoms with van der Waals surface area (Å²) in [5.41, 5.74) is 2.30. The van der Waals surface area contributed by atoms with Gasteiger partial charge in [0.2, 0.25) is 5.91 Å². The maximum atomic E-state index is 11.9. The van der Waals surface area contributed by atoms with E-state index in [1.807, 2.05) is 39.0 Å². The largest absolute Gasteiger partial charge is 0.491 e. The molecule has 23 heavy (non-hydrogen) atoms. The molecule has 1 heterocycles. The van der Waals surface area contributed by atoms with Crippen LogP contribution >= 0.6 is 0 Å². The first-order valence-corrected chi connectivity index (χ1v) is 7.66. The molecule has 0 aliphatic rings. The third-order valence-electron chi connectivity index (χ3n) is 3.21. The molecule has 6 nitrogen and oxygen atoms in total. The number of aryl methyl sites for hydroxylation is 1. The van der Waals surface area contributed by atoms with Crippen molar-refractivity contribution in [2.24, 2.45) is 0 Å². The summed E-state index contributed by atoms with van der Waals surface area (Å²) >= 11 is 0. The van der Waals surface area contributed by atoms with Gasteiger partial charge in [0, 0.05) is 12.2 Å². The van der Waals surface area contributed by atoms with E-state index in [1.165, 1.54) is 0 Å². The highest BCUT2D eigenvalue weighted by Crippen LogP contribution is 2.19. The molecule has 1 unspecified atom stereocenters. The molecule has 2 aromatic rings. The van der Waals surface area contributed by atoms with Crippen LogP contribution in [0.1, 0.15) is 36.9 Å². The monoisotopic (exact) mass is 317 g/mol. The number of benzene rings is 1. The summed E-state index contributed by atoms with van der Waals surface area (Å²) in [6.07, 6.45) is -0.525. The predicted octanol–water partition coefficient (Wildman–Crippen LogP) is 1.90. The van der Waals surface area contributed by atoms with Gasteiger partial charge in [-0.1, -0.05) is 12.1 Å². The van der Waals surface area contributed by atoms with Crippen LogP contribution in [-0.4, -0.2) is 33.9 Å². The van der Waals surface area contributed by atoms with Gasteiger partial charge in [-0.15, -0.1) is 0 Å². The highest BCUT2D eigenvalue weighted by molar-refractivity contribution is 5.78. The van der Waals surface area contributed by atoms with E-state index in [-0.39, 0.29) is 25.0 Å². The fourth-order valence-electron chi connectivity index (χ4n) is 2.19. The Bertz CT molecular complexity index is 652. The van der Waals surface area contributed by atoms with Gasteiger partial charge < -0.3 is 15.2 Å². The van der Waals surface area contributed by atoms with Crippen LogP contribution < -0.4 is 10.1 Å². The van der Waals surface area contributed by atoms with Crippen LogP contribution in [0.4, 0.5) is 0 Å². The Labute approximate surface area is 135 Å². The molecule has 0 aliphatic heterocycles. The summed E-state index contributed by atoms with van der Waals surface area (Å²) in [6, 6.07) is 9.08. The average molecular weight is 317 g/mol. The normalized spacial score (nSPS) is 12.2. The van der Waals surface area contributed by atoms with Crippen molar-refractivity contribution in [2.45, 2.75) is 39.4 Å². The Morgan fingerprint density at radius 3 is 2.83 bits per heavy atom. The van der Waals surface area contributed by atoms with Crippen LogP contribution in [0.15, 0.2) is 30.3 Å². The SMILES string of the molecule is Cc1cc(CC(=O)NCC(O)c2cccc(OC(C)C)c2)n[nH]1. The summed E-state index contributed by atoms with van der Waals surface area (Å²) in [6.45, 7) is 5.91. The minimum absolute atomic E-state index is 0.0689. The van der Waals surface area contributed by atoms with E-state index in [4.69, 9.17) is 4.74 Å². The van der Waals surface area contributed by atoms with E-state index in [9.17, 15) is 9.90 Å². The van der Waals surface area contributed by atoms with Gasteiger partial charge in [-0.25, -0.2) is 0 Å². The predicted molar refractivity (Wildman–Crippen MR) is 87.2 cm³/mol. The lowest BCUT2D eigenvalue weighted by molar-refractivity contribution is -0.120. The molecule has 0 radical (unpaired) electrons. The number of H-pyrrole nitrogens is 1. The Kier molecular flexibility index (Phi) is 5.76. The quantitative estimate of drug-likeness (QED) is 0.728. The van der Waals surface area contributed by atoms with Gasteiger partial charge in [0.1, 0.15) is 5.75 Å². The standard InChI is InChI=1S/C17H23N3O3/c1-11(2)23-15-6-4-5-13(8-15)16(21)10-18-17(22)9-14-7-12(3)19-20-14/h4-8,11,16,21H,9-10H2,1-3H3,(H,18,22)(H,19,20). The molecule has 3 N–H and O–H groups in total. The molecule has 2 rings (SSSR count). The van der Waals surface area contributed by atoms with E-state index in [2.05, 4.69) is 15.5 Å². The summed E-state index contributed by atoms with van der Waals surface area (Å²) in [5.74, 6) is 0.528. The lowest BCUT2D eigenvalue weighted by atomic mass is 10.1. The average Bonchev–Trinajstić information content (AvgIpc) is 2.89. The first-order valence-electron chi connectivity index (χ1n) is 7.66. The fraction of sp³-hybridized carbons (Fsp3) is 0.412. The molecule has 1 atom stereocenters. The number of carbonyl (C=O) groups excluding carboxylic acids is 1. The Morgan fingerprint density at radius 1 is 1.39 bits per heavy atom. The molecule has 0 saturated heterocycles. The number of rotatable bonds is 7. The number of nitrogens with zero attached hydrogens (tertiary/aromatic N) is 1. The summed E-state index contributed by atoms with van der Waals surface area (Å²) in [7, 11) is 0. The smallest absolute Gasteiger partial charge is 0.226 e. The number of carbonyl (C=O) groups is 1. The summed E-state index contributed by atoms with van der Waals surface area (Å²) in [5, 5.41) is 19.7. The molecule has 0 fully saturated rings. The zero-order valence-corrected chi connectivity index (χ0v) is 13.7. The fourth-order valence-corrected chi connectivity index (χ4v) is 2.19. The minimum atomic E-state index is -0.782. The summed E-state index contributed by atoms with van der Waals surface area (Å²) in [4.78, 5) is 11.9. The van der Waals surface area contributed by atoms with Gasteiger partial charge >= 0.3 is 0 Å². The van der Waals surface area contributed by atoms with Gasteiger partial charge in [-0.3, -0.25) is 9.89 Å². The van der Waals surface area contributed by atoms with Gasteiger partial charge in [-0.05, 0) is 44.5 Å². The Balaban J connectivity index is 1.86. The van der Waals surface area contributed by atoms with Crippen molar-refractivity contribution in [3.05, 3.63) is 47.3 Å².